The van der Waals surface area contributed by atoms with Crippen molar-refractivity contribution in [2.24, 2.45) is 0 Å². The highest BCUT2D eigenvalue weighted by atomic mass is 16.3. The molecule has 2 N–H and O–H groups in total. The van der Waals surface area contributed by atoms with E-state index in [-0.39, 0.29) is 6.10 Å². The topological polar surface area (TPSA) is 46.9 Å². The van der Waals surface area contributed by atoms with Crippen LogP contribution in [0.5, 0.6) is 0 Å². The molecule has 4 heteroatoms. The zero-order chi connectivity index (χ0) is 14.6. The predicted molar refractivity (Wildman–Crippen MR) is 81.8 cm³/mol. The SMILES string of the molecule is CC[C@H]1CN(CC2(O)CCCCC2)CCN1C[C@@H](C)O. The molecule has 1 saturated carbocycles. The highest BCUT2D eigenvalue weighted by Gasteiger charge is 2.34. The van der Waals surface area contributed by atoms with Crippen LogP contribution in [0.15, 0.2) is 0 Å². The Kier molecular flexibility index (Phi) is 5.84. The van der Waals surface area contributed by atoms with Crippen LogP contribution in [0.4, 0.5) is 0 Å². The second-order valence-corrected chi connectivity index (χ2v) is 6.93. The average molecular weight is 284 g/mol. The molecule has 0 amide bonds. The van der Waals surface area contributed by atoms with Crippen LogP contribution in [0, 0.1) is 0 Å². The molecule has 0 aromatic heterocycles. The maximum Gasteiger partial charge on any atom is 0.0774 e. The molecule has 0 aromatic carbocycles. The largest absolute Gasteiger partial charge is 0.392 e. The van der Waals surface area contributed by atoms with E-state index in [1.807, 2.05) is 6.92 Å². The number of rotatable bonds is 5. The van der Waals surface area contributed by atoms with Crippen molar-refractivity contribution >= 4 is 0 Å². The molecular formula is C16H32N2O2. The van der Waals surface area contributed by atoms with Gasteiger partial charge in [0, 0.05) is 38.8 Å². The number of piperazine rings is 1. The average Bonchev–Trinajstić information content (AvgIpc) is 2.40. The van der Waals surface area contributed by atoms with Gasteiger partial charge < -0.3 is 10.2 Å². The van der Waals surface area contributed by atoms with E-state index in [1.165, 1.54) is 19.3 Å². The summed E-state index contributed by atoms with van der Waals surface area (Å²) in [4.78, 5) is 4.85. The Labute approximate surface area is 123 Å². The summed E-state index contributed by atoms with van der Waals surface area (Å²) in [6, 6.07) is 0.519. The van der Waals surface area contributed by atoms with E-state index in [2.05, 4.69) is 16.7 Å². The van der Waals surface area contributed by atoms with Crippen LogP contribution in [0.2, 0.25) is 0 Å². The van der Waals surface area contributed by atoms with Gasteiger partial charge >= 0.3 is 0 Å². The molecule has 1 heterocycles. The molecule has 20 heavy (non-hydrogen) atoms. The van der Waals surface area contributed by atoms with Gasteiger partial charge in [0.2, 0.25) is 0 Å². The maximum atomic E-state index is 10.7. The van der Waals surface area contributed by atoms with Crippen molar-refractivity contribution in [2.45, 2.75) is 70.1 Å². The second-order valence-electron chi connectivity index (χ2n) is 6.93. The van der Waals surface area contributed by atoms with Crippen molar-refractivity contribution in [3.8, 4) is 0 Å². The van der Waals surface area contributed by atoms with Crippen LogP contribution >= 0.6 is 0 Å². The highest BCUT2D eigenvalue weighted by Crippen LogP contribution is 2.29. The summed E-state index contributed by atoms with van der Waals surface area (Å²) in [5, 5.41) is 20.3. The van der Waals surface area contributed by atoms with Crippen LogP contribution in [0.3, 0.4) is 0 Å². The van der Waals surface area contributed by atoms with E-state index in [4.69, 9.17) is 0 Å². The molecule has 2 aliphatic rings. The molecule has 1 saturated heterocycles. The van der Waals surface area contributed by atoms with Gasteiger partial charge in [-0.1, -0.05) is 26.2 Å². The lowest BCUT2D eigenvalue weighted by Crippen LogP contribution is -2.57. The summed E-state index contributed by atoms with van der Waals surface area (Å²) >= 11 is 0. The van der Waals surface area contributed by atoms with Crippen molar-refractivity contribution in [2.75, 3.05) is 32.7 Å². The standard InChI is InChI=1S/C16H32N2O2/c1-3-15-12-17(9-10-18(15)11-14(2)19)13-16(20)7-5-4-6-8-16/h14-15,19-20H,3-13H2,1-2H3/t14-,15+/m1/s1. The molecule has 0 radical (unpaired) electrons. The van der Waals surface area contributed by atoms with Crippen molar-refractivity contribution in [1.82, 2.24) is 9.80 Å². The van der Waals surface area contributed by atoms with Crippen LogP contribution in [0.25, 0.3) is 0 Å². The van der Waals surface area contributed by atoms with Gasteiger partial charge in [0.05, 0.1) is 11.7 Å². The minimum Gasteiger partial charge on any atom is -0.392 e. The van der Waals surface area contributed by atoms with Gasteiger partial charge in [0.1, 0.15) is 0 Å². The monoisotopic (exact) mass is 284 g/mol. The smallest absolute Gasteiger partial charge is 0.0774 e. The van der Waals surface area contributed by atoms with E-state index in [9.17, 15) is 10.2 Å². The number of aliphatic hydroxyl groups excluding tert-OH is 1. The first-order valence-electron chi connectivity index (χ1n) is 8.39. The lowest BCUT2D eigenvalue weighted by molar-refractivity contribution is -0.0478. The zero-order valence-corrected chi connectivity index (χ0v) is 13.2. The van der Waals surface area contributed by atoms with Gasteiger partial charge in [0.25, 0.3) is 0 Å². The summed E-state index contributed by atoms with van der Waals surface area (Å²) in [6.45, 7) is 8.77. The number of hydrogen-bond donors (Lipinski definition) is 2. The maximum absolute atomic E-state index is 10.7. The number of β-amino-alcohol motifs (C(OH)–C–C–N with tert-alkyl or cyclic N) is 2. The molecule has 2 rings (SSSR count). The van der Waals surface area contributed by atoms with Crippen LogP contribution in [-0.2, 0) is 0 Å². The van der Waals surface area contributed by atoms with Gasteiger partial charge in [-0.15, -0.1) is 0 Å². The third-order valence-electron chi connectivity index (χ3n) is 4.96. The van der Waals surface area contributed by atoms with Crippen molar-refractivity contribution in [3.05, 3.63) is 0 Å². The molecular weight excluding hydrogens is 252 g/mol. The van der Waals surface area contributed by atoms with E-state index in [1.54, 1.807) is 0 Å². The molecule has 118 valence electrons. The lowest BCUT2D eigenvalue weighted by Gasteiger charge is -2.45. The van der Waals surface area contributed by atoms with Crippen LogP contribution < -0.4 is 0 Å². The Morgan fingerprint density at radius 1 is 1.20 bits per heavy atom. The second kappa shape index (κ2) is 7.21. The summed E-state index contributed by atoms with van der Waals surface area (Å²) < 4.78 is 0. The normalized spacial score (nSPS) is 30.3. The van der Waals surface area contributed by atoms with Crippen molar-refractivity contribution in [1.29, 1.82) is 0 Å². The fraction of sp³-hybridized carbons (Fsp3) is 1.00. The Balaban J connectivity index is 1.86. The Morgan fingerprint density at radius 2 is 1.90 bits per heavy atom. The van der Waals surface area contributed by atoms with Gasteiger partial charge in [-0.25, -0.2) is 0 Å². The van der Waals surface area contributed by atoms with E-state index in [0.717, 1.165) is 52.0 Å². The molecule has 1 aliphatic heterocycles. The van der Waals surface area contributed by atoms with Crippen LogP contribution in [-0.4, -0.2) is 70.5 Å². The summed E-state index contributed by atoms with van der Waals surface area (Å²) in [7, 11) is 0. The van der Waals surface area contributed by atoms with Crippen molar-refractivity contribution in [3.63, 3.8) is 0 Å². The van der Waals surface area contributed by atoms with Crippen LogP contribution in [0.1, 0.15) is 52.4 Å². The molecule has 0 aromatic rings. The minimum absolute atomic E-state index is 0.252. The van der Waals surface area contributed by atoms with E-state index < -0.39 is 5.60 Å². The van der Waals surface area contributed by atoms with Gasteiger partial charge in [0.15, 0.2) is 0 Å². The first-order chi connectivity index (χ1) is 9.52. The summed E-state index contributed by atoms with van der Waals surface area (Å²) in [5.74, 6) is 0. The fourth-order valence-electron chi connectivity index (χ4n) is 3.85. The van der Waals surface area contributed by atoms with Gasteiger partial charge in [-0.05, 0) is 26.2 Å². The zero-order valence-electron chi connectivity index (χ0n) is 13.2. The Morgan fingerprint density at radius 3 is 2.50 bits per heavy atom. The first kappa shape index (κ1) is 16.2. The third kappa shape index (κ3) is 4.42. The minimum atomic E-state index is -0.441. The fourth-order valence-corrected chi connectivity index (χ4v) is 3.85. The number of nitrogens with zero attached hydrogens (tertiary/aromatic N) is 2. The molecule has 2 fully saturated rings. The van der Waals surface area contributed by atoms with E-state index in [0.29, 0.717) is 6.04 Å². The quantitative estimate of drug-likeness (QED) is 0.802. The predicted octanol–water partition coefficient (Wildman–Crippen LogP) is 1.46. The van der Waals surface area contributed by atoms with Crippen molar-refractivity contribution < 1.29 is 10.2 Å². The molecule has 0 bridgehead atoms. The molecule has 1 aliphatic carbocycles. The number of hydrogen-bond acceptors (Lipinski definition) is 4. The summed E-state index contributed by atoms with van der Waals surface area (Å²) in [5.41, 5.74) is -0.441. The van der Waals surface area contributed by atoms with Gasteiger partial charge in [-0.3, -0.25) is 9.80 Å². The Bertz CT molecular complexity index is 290. The van der Waals surface area contributed by atoms with E-state index >= 15 is 0 Å². The molecule has 0 spiro atoms. The molecule has 0 unspecified atom stereocenters. The number of aliphatic hydroxyl groups is 2. The summed E-state index contributed by atoms with van der Waals surface area (Å²) in [6.07, 6.45) is 6.43. The third-order valence-corrected chi connectivity index (χ3v) is 4.96. The Hall–Kier alpha value is -0.160. The highest BCUT2D eigenvalue weighted by molar-refractivity contribution is 4.89. The molecule has 4 nitrogen and oxygen atoms in total. The lowest BCUT2D eigenvalue weighted by atomic mass is 9.84. The van der Waals surface area contributed by atoms with Gasteiger partial charge in [-0.2, -0.15) is 0 Å². The first-order valence-corrected chi connectivity index (χ1v) is 8.39. The molecule has 2 atom stereocenters.